The summed E-state index contributed by atoms with van der Waals surface area (Å²) in [7, 11) is 2.83. The number of rotatable bonds is 3. The first-order valence-electron chi connectivity index (χ1n) is 4.57. The molecule has 0 aromatic rings. The molecular formula is C11H14O4. The van der Waals surface area contributed by atoms with E-state index in [0.717, 1.165) is 0 Å². The molecule has 4 heteroatoms. The molecule has 0 amide bonds. The molecule has 4 nitrogen and oxygen atoms in total. The summed E-state index contributed by atoms with van der Waals surface area (Å²) in [4.78, 5) is 10.8. The molecule has 1 rings (SSSR count). The lowest BCUT2D eigenvalue weighted by Crippen LogP contribution is -2.05. The zero-order chi connectivity index (χ0) is 11.3. The molecule has 1 N–H and O–H groups in total. The van der Waals surface area contributed by atoms with Gasteiger partial charge < -0.3 is 14.6 Å². The molecule has 0 saturated carbocycles. The van der Waals surface area contributed by atoms with Gasteiger partial charge in [0.2, 0.25) is 0 Å². The van der Waals surface area contributed by atoms with Crippen molar-refractivity contribution in [1.29, 1.82) is 0 Å². The SMILES string of the molecule is COC(=O)C=CC1C=CC(O)=C(OC)C1. The Morgan fingerprint density at radius 1 is 1.60 bits per heavy atom. The van der Waals surface area contributed by atoms with Gasteiger partial charge >= 0.3 is 5.97 Å². The number of methoxy groups -OCH3 is 2. The van der Waals surface area contributed by atoms with Crippen LogP contribution < -0.4 is 0 Å². The van der Waals surface area contributed by atoms with Crippen molar-refractivity contribution < 1.29 is 19.4 Å². The Balaban J connectivity index is 2.60. The molecule has 0 aliphatic heterocycles. The molecule has 0 radical (unpaired) electrons. The van der Waals surface area contributed by atoms with Gasteiger partial charge in [-0.2, -0.15) is 0 Å². The van der Waals surface area contributed by atoms with E-state index in [1.807, 2.05) is 0 Å². The largest absolute Gasteiger partial charge is 0.504 e. The number of hydrogen-bond acceptors (Lipinski definition) is 4. The average molecular weight is 210 g/mol. The molecule has 82 valence electrons. The standard InChI is InChI=1S/C11H14O4/c1-14-10-7-8(3-5-9(10)12)4-6-11(13)15-2/h3-6,8,12H,7H2,1-2H3. The van der Waals surface area contributed by atoms with Crippen molar-refractivity contribution >= 4 is 5.97 Å². The minimum absolute atomic E-state index is 0.0509. The number of hydrogen-bond donors (Lipinski definition) is 1. The van der Waals surface area contributed by atoms with Crippen molar-refractivity contribution in [2.24, 2.45) is 5.92 Å². The maximum Gasteiger partial charge on any atom is 0.330 e. The summed E-state index contributed by atoms with van der Waals surface area (Å²) in [6.45, 7) is 0. The van der Waals surface area contributed by atoms with E-state index in [1.54, 1.807) is 18.2 Å². The second-order valence-electron chi connectivity index (χ2n) is 3.12. The predicted octanol–water partition coefficient (Wildman–Crippen LogP) is 1.71. The van der Waals surface area contributed by atoms with Gasteiger partial charge in [-0.15, -0.1) is 0 Å². The summed E-state index contributed by atoms with van der Waals surface area (Å²) < 4.78 is 9.47. The van der Waals surface area contributed by atoms with Crippen LogP contribution in [-0.2, 0) is 14.3 Å². The summed E-state index contributed by atoms with van der Waals surface area (Å²) in [6.07, 6.45) is 7.00. The van der Waals surface area contributed by atoms with Crippen LogP contribution in [0.25, 0.3) is 0 Å². The third-order valence-electron chi connectivity index (χ3n) is 2.14. The molecule has 0 fully saturated rings. The van der Waals surface area contributed by atoms with Gasteiger partial charge in [0.1, 0.15) is 5.76 Å². The fourth-order valence-electron chi connectivity index (χ4n) is 1.28. The lowest BCUT2D eigenvalue weighted by Gasteiger charge is -2.15. The maximum atomic E-state index is 10.8. The first kappa shape index (κ1) is 11.4. The van der Waals surface area contributed by atoms with E-state index in [2.05, 4.69) is 4.74 Å². The van der Waals surface area contributed by atoms with Gasteiger partial charge in [0.25, 0.3) is 0 Å². The zero-order valence-corrected chi connectivity index (χ0v) is 8.77. The summed E-state index contributed by atoms with van der Waals surface area (Å²) in [5.41, 5.74) is 0. The molecule has 0 heterocycles. The summed E-state index contributed by atoms with van der Waals surface area (Å²) in [5, 5.41) is 9.36. The third-order valence-corrected chi connectivity index (χ3v) is 2.14. The van der Waals surface area contributed by atoms with Crippen molar-refractivity contribution in [2.45, 2.75) is 6.42 Å². The number of carbonyl (C=O) groups is 1. The van der Waals surface area contributed by atoms with Crippen LogP contribution in [0.4, 0.5) is 0 Å². The highest BCUT2D eigenvalue weighted by atomic mass is 16.5. The van der Waals surface area contributed by atoms with Crippen LogP contribution in [0.15, 0.2) is 35.8 Å². The van der Waals surface area contributed by atoms with E-state index >= 15 is 0 Å². The predicted molar refractivity (Wildman–Crippen MR) is 55.1 cm³/mol. The number of aliphatic hydroxyl groups excluding tert-OH is 1. The van der Waals surface area contributed by atoms with Crippen LogP contribution in [0, 0.1) is 5.92 Å². The van der Waals surface area contributed by atoms with Gasteiger partial charge in [0, 0.05) is 18.4 Å². The molecule has 0 spiro atoms. The van der Waals surface area contributed by atoms with Crippen LogP contribution in [0.3, 0.4) is 0 Å². The topological polar surface area (TPSA) is 55.8 Å². The molecular weight excluding hydrogens is 196 g/mol. The minimum atomic E-state index is -0.388. The molecule has 0 aromatic carbocycles. The minimum Gasteiger partial charge on any atom is -0.504 e. The Morgan fingerprint density at radius 3 is 2.93 bits per heavy atom. The Morgan fingerprint density at radius 2 is 2.33 bits per heavy atom. The third kappa shape index (κ3) is 3.16. The van der Waals surface area contributed by atoms with Crippen LogP contribution in [-0.4, -0.2) is 25.3 Å². The van der Waals surface area contributed by atoms with Crippen molar-refractivity contribution in [3.05, 3.63) is 35.8 Å². The van der Waals surface area contributed by atoms with E-state index in [-0.39, 0.29) is 17.6 Å². The van der Waals surface area contributed by atoms with Crippen molar-refractivity contribution in [2.75, 3.05) is 14.2 Å². The summed E-state index contributed by atoms with van der Waals surface area (Å²) in [5.74, 6) is 0.327. The van der Waals surface area contributed by atoms with Crippen LogP contribution in [0.1, 0.15) is 6.42 Å². The summed E-state index contributed by atoms with van der Waals surface area (Å²) >= 11 is 0. The van der Waals surface area contributed by atoms with Crippen LogP contribution in [0.5, 0.6) is 0 Å². The second-order valence-corrected chi connectivity index (χ2v) is 3.12. The number of esters is 1. The van der Waals surface area contributed by atoms with E-state index in [4.69, 9.17) is 4.74 Å². The Kier molecular flexibility index (Phi) is 3.97. The van der Waals surface area contributed by atoms with Gasteiger partial charge in [-0.3, -0.25) is 0 Å². The Hall–Kier alpha value is -1.71. The first-order valence-corrected chi connectivity index (χ1v) is 4.57. The van der Waals surface area contributed by atoms with E-state index in [9.17, 15) is 9.90 Å². The number of ether oxygens (including phenoxy) is 2. The number of aliphatic hydroxyl groups is 1. The van der Waals surface area contributed by atoms with E-state index < -0.39 is 0 Å². The average Bonchev–Trinajstić information content (AvgIpc) is 2.27. The van der Waals surface area contributed by atoms with E-state index in [1.165, 1.54) is 20.3 Å². The van der Waals surface area contributed by atoms with Gasteiger partial charge in [-0.25, -0.2) is 4.79 Å². The molecule has 0 aromatic heterocycles. The van der Waals surface area contributed by atoms with Crippen LogP contribution in [0.2, 0.25) is 0 Å². The lowest BCUT2D eigenvalue weighted by atomic mass is 9.98. The molecule has 1 unspecified atom stereocenters. The van der Waals surface area contributed by atoms with E-state index in [0.29, 0.717) is 12.2 Å². The fraction of sp³-hybridized carbons (Fsp3) is 0.364. The molecule has 1 atom stereocenters. The fourth-order valence-corrected chi connectivity index (χ4v) is 1.28. The maximum absolute atomic E-state index is 10.8. The smallest absolute Gasteiger partial charge is 0.330 e. The van der Waals surface area contributed by atoms with Crippen LogP contribution >= 0.6 is 0 Å². The highest BCUT2D eigenvalue weighted by molar-refractivity contribution is 5.81. The summed E-state index contributed by atoms with van der Waals surface area (Å²) in [6, 6.07) is 0. The van der Waals surface area contributed by atoms with Gasteiger partial charge in [0.05, 0.1) is 14.2 Å². The highest BCUT2D eigenvalue weighted by Gasteiger charge is 2.14. The first-order chi connectivity index (χ1) is 7.17. The van der Waals surface area contributed by atoms with Crippen molar-refractivity contribution in [3.63, 3.8) is 0 Å². The highest BCUT2D eigenvalue weighted by Crippen LogP contribution is 2.23. The molecule has 15 heavy (non-hydrogen) atoms. The molecule has 0 bridgehead atoms. The normalized spacial score (nSPS) is 20.8. The molecule has 0 saturated heterocycles. The zero-order valence-electron chi connectivity index (χ0n) is 8.77. The van der Waals surface area contributed by atoms with Crippen molar-refractivity contribution in [3.8, 4) is 0 Å². The van der Waals surface area contributed by atoms with Gasteiger partial charge in [0.15, 0.2) is 5.76 Å². The Bertz CT molecular complexity index is 325. The molecule has 1 aliphatic carbocycles. The lowest BCUT2D eigenvalue weighted by molar-refractivity contribution is -0.134. The number of allylic oxidation sites excluding steroid dienone is 4. The quantitative estimate of drug-likeness (QED) is 0.569. The molecule has 1 aliphatic rings. The van der Waals surface area contributed by atoms with Gasteiger partial charge in [-0.1, -0.05) is 12.2 Å². The monoisotopic (exact) mass is 210 g/mol. The second kappa shape index (κ2) is 5.24. The Labute approximate surface area is 88.5 Å². The van der Waals surface area contributed by atoms with Gasteiger partial charge in [-0.05, 0) is 6.08 Å². The number of carbonyl (C=O) groups excluding carboxylic acids is 1. The van der Waals surface area contributed by atoms with Crippen molar-refractivity contribution in [1.82, 2.24) is 0 Å².